The number of anilines is 1. The molecule has 0 bridgehead atoms. The molecule has 0 spiro atoms. The van der Waals surface area contributed by atoms with Crippen molar-refractivity contribution in [3.8, 4) is 0 Å². The van der Waals surface area contributed by atoms with E-state index in [0.717, 1.165) is 0 Å². The monoisotopic (exact) mass is 283 g/mol. The summed E-state index contributed by atoms with van der Waals surface area (Å²) < 4.78 is 13.4. The Kier molecular flexibility index (Phi) is 3.79. The summed E-state index contributed by atoms with van der Waals surface area (Å²) in [6.07, 6.45) is 3.09. The van der Waals surface area contributed by atoms with Crippen molar-refractivity contribution in [2.75, 3.05) is 5.73 Å². The summed E-state index contributed by atoms with van der Waals surface area (Å²) in [4.78, 5) is 7.54. The molecular formula is C12H8Cl2FN3. The third kappa shape index (κ3) is 2.78. The molecule has 2 N–H and O–H groups in total. The zero-order valence-electron chi connectivity index (χ0n) is 9.07. The Balaban J connectivity index is 2.38. The normalized spacial score (nSPS) is 11.1. The molecule has 0 aliphatic heterocycles. The van der Waals surface area contributed by atoms with Gasteiger partial charge in [0.25, 0.3) is 0 Å². The average molecular weight is 284 g/mol. The molecule has 0 fully saturated rings. The average Bonchev–Trinajstić information content (AvgIpc) is 2.30. The zero-order valence-corrected chi connectivity index (χ0v) is 10.6. The van der Waals surface area contributed by atoms with E-state index in [2.05, 4.69) is 9.97 Å². The van der Waals surface area contributed by atoms with E-state index in [1.54, 1.807) is 30.4 Å². The first kappa shape index (κ1) is 12.8. The summed E-state index contributed by atoms with van der Waals surface area (Å²) >= 11 is 11.8. The maximum Gasteiger partial charge on any atom is 0.222 e. The molecule has 18 heavy (non-hydrogen) atoms. The topological polar surface area (TPSA) is 51.8 Å². The van der Waals surface area contributed by atoms with E-state index in [0.29, 0.717) is 11.1 Å². The van der Waals surface area contributed by atoms with Crippen LogP contribution in [0.3, 0.4) is 0 Å². The molecule has 6 heteroatoms. The van der Waals surface area contributed by atoms with E-state index in [4.69, 9.17) is 28.9 Å². The number of benzene rings is 1. The van der Waals surface area contributed by atoms with E-state index in [1.165, 1.54) is 6.07 Å². The summed E-state index contributed by atoms with van der Waals surface area (Å²) in [6.45, 7) is 0. The SMILES string of the molecule is Nc1nc(Cl)c(C=Cc2ccccc2F)c(Cl)n1. The van der Waals surface area contributed by atoms with Gasteiger partial charge < -0.3 is 5.73 Å². The van der Waals surface area contributed by atoms with E-state index in [-0.39, 0.29) is 22.1 Å². The third-order valence-corrected chi connectivity index (χ3v) is 2.78. The van der Waals surface area contributed by atoms with Crippen molar-refractivity contribution in [1.82, 2.24) is 9.97 Å². The fourth-order valence-corrected chi connectivity index (χ4v) is 1.88. The van der Waals surface area contributed by atoms with Gasteiger partial charge in [-0.1, -0.05) is 47.5 Å². The number of hydrogen-bond acceptors (Lipinski definition) is 3. The van der Waals surface area contributed by atoms with Crippen molar-refractivity contribution < 1.29 is 4.39 Å². The first-order valence-corrected chi connectivity index (χ1v) is 5.74. The van der Waals surface area contributed by atoms with Gasteiger partial charge >= 0.3 is 0 Å². The van der Waals surface area contributed by atoms with Crippen LogP contribution in [0.5, 0.6) is 0 Å². The smallest absolute Gasteiger partial charge is 0.222 e. The van der Waals surface area contributed by atoms with E-state index in [1.807, 2.05) is 0 Å². The van der Waals surface area contributed by atoms with Gasteiger partial charge in [-0.2, -0.15) is 0 Å². The Hall–Kier alpha value is -1.65. The van der Waals surface area contributed by atoms with E-state index in [9.17, 15) is 4.39 Å². The molecule has 0 aliphatic carbocycles. The van der Waals surface area contributed by atoms with Crippen LogP contribution in [-0.2, 0) is 0 Å². The van der Waals surface area contributed by atoms with Crippen molar-refractivity contribution in [2.24, 2.45) is 0 Å². The second-order valence-corrected chi connectivity index (χ2v) is 4.15. The van der Waals surface area contributed by atoms with Crippen molar-refractivity contribution in [3.63, 3.8) is 0 Å². The summed E-state index contributed by atoms with van der Waals surface area (Å²) in [5.74, 6) is -0.342. The highest BCUT2D eigenvalue weighted by Gasteiger charge is 2.07. The van der Waals surface area contributed by atoms with E-state index >= 15 is 0 Å². The van der Waals surface area contributed by atoms with Gasteiger partial charge in [-0.15, -0.1) is 0 Å². The van der Waals surface area contributed by atoms with Gasteiger partial charge in [0.2, 0.25) is 5.95 Å². The van der Waals surface area contributed by atoms with Gasteiger partial charge in [0.1, 0.15) is 16.1 Å². The molecule has 0 unspecified atom stereocenters. The first-order chi connectivity index (χ1) is 8.58. The lowest BCUT2D eigenvalue weighted by atomic mass is 10.2. The summed E-state index contributed by atoms with van der Waals surface area (Å²) in [5, 5.41) is 0.250. The molecule has 0 saturated heterocycles. The Bertz CT molecular complexity index is 591. The van der Waals surface area contributed by atoms with Crippen molar-refractivity contribution in [1.29, 1.82) is 0 Å². The zero-order chi connectivity index (χ0) is 13.1. The molecule has 0 atom stereocenters. The van der Waals surface area contributed by atoms with Gasteiger partial charge in [-0.25, -0.2) is 14.4 Å². The van der Waals surface area contributed by atoms with Gasteiger partial charge in [0, 0.05) is 11.1 Å². The fraction of sp³-hybridized carbons (Fsp3) is 0. The minimum absolute atomic E-state index is 0.00644. The molecule has 3 nitrogen and oxygen atoms in total. The predicted octanol–water partition coefficient (Wildman–Crippen LogP) is 3.68. The number of nitrogen functional groups attached to an aromatic ring is 1. The standard InChI is InChI=1S/C12H8Cl2FN3/c13-10-8(11(14)18-12(16)17-10)6-5-7-3-1-2-4-9(7)15/h1-6H,(H2,16,17,18). The Labute approximate surface area is 113 Å². The van der Waals surface area contributed by atoms with Gasteiger partial charge in [0.15, 0.2) is 0 Å². The second-order valence-electron chi connectivity index (χ2n) is 3.43. The number of nitrogens with two attached hydrogens (primary N) is 1. The molecule has 1 aromatic heterocycles. The summed E-state index contributed by atoms with van der Waals surface area (Å²) in [5.41, 5.74) is 6.20. The molecule has 2 rings (SSSR count). The van der Waals surface area contributed by atoms with Crippen molar-refractivity contribution >= 4 is 41.3 Å². The lowest BCUT2D eigenvalue weighted by molar-refractivity contribution is 0.625. The maximum absolute atomic E-state index is 13.4. The minimum atomic E-state index is -0.336. The highest BCUT2D eigenvalue weighted by Crippen LogP contribution is 2.24. The molecule has 2 aromatic rings. The number of nitrogens with zero attached hydrogens (tertiary/aromatic N) is 2. The quantitative estimate of drug-likeness (QED) is 0.856. The predicted molar refractivity (Wildman–Crippen MR) is 71.8 cm³/mol. The van der Waals surface area contributed by atoms with Crippen LogP contribution in [0, 0.1) is 5.82 Å². The lowest BCUT2D eigenvalue weighted by Crippen LogP contribution is -1.97. The van der Waals surface area contributed by atoms with Crippen LogP contribution in [0.2, 0.25) is 10.3 Å². The van der Waals surface area contributed by atoms with Crippen LogP contribution in [0.4, 0.5) is 10.3 Å². The summed E-state index contributed by atoms with van der Waals surface area (Å²) in [7, 11) is 0. The van der Waals surface area contributed by atoms with Crippen molar-refractivity contribution in [2.45, 2.75) is 0 Å². The van der Waals surface area contributed by atoms with E-state index < -0.39 is 0 Å². The second kappa shape index (κ2) is 5.33. The van der Waals surface area contributed by atoms with Gasteiger partial charge in [-0.05, 0) is 12.1 Å². The largest absolute Gasteiger partial charge is 0.368 e. The molecule has 0 saturated carbocycles. The number of rotatable bonds is 2. The number of hydrogen-bond donors (Lipinski definition) is 1. The number of halogens is 3. The van der Waals surface area contributed by atoms with Gasteiger partial charge in [0.05, 0.1) is 0 Å². The highest BCUT2D eigenvalue weighted by molar-refractivity contribution is 6.36. The molecule has 0 aliphatic rings. The molecular weight excluding hydrogens is 276 g/mol. The first-order valence-electron chi connectivity index (χ1n) is 4.99. The van der Waals surface area contributed by atoms with Crippen LogP contribution in [0.25, 0.3) is 12.2 Å². The van der Waals surface area contributed by atoms with Crippen LogP contribution < -0.4 is 5.73 Å². The third-order valence-electron chi connectivity index (χ3n) is 2.20. The van der Waals surface area contributed by atoms with Crippen LogP contribution in [0.15, 0.2) is 24.3 Å². The van der Waals surface area contributed by atoms with Crippen LogP contribution >= 0.6 is 23.2 Å². The highest BCUT2D eigenvalue weighted by atomic mass is 35.5. The summed E-state index contributed by atoms with van der Waals surface area (Å²) in [6, 6.07) is 6.33. The van der Waals surface area contributed by atoms with Gasteiger partial charge in [-0.3, -0.25) is 0 Å². The maximum atomic E-state index is 13.4. The molecule has 92 valence electrons. The van der Waals surface area contributed by atoms with Crippen LogP contribution in [-0.4, -0.2) is 9.97 Å². The Morgan fingerprint density at radius 1 is 1.06 bits per heavy atom. The Morgan fingerprint density at radius 2 is 1.67 bits per heavy atom. The molecule has 0 amide bonds. The molecule has 0 radical (unpaired) electrons. The Morgan fingerprint density at radius 3 is 2.28 bits per heavy atom. The molecule has 1 aromatic carbocycles. The molecule has 1 heterocycles. The van der Waals surface area contributed by atoms with Crippen molar-refractivity contribution in [3.05, 3.63) is 51.5 Å². The number of aromatic nitrogens is 2. The lowest BCUT2D eigenvalue weighted by Gasteiger charge is -2.01. The fourth-order valence-electron chi connectivity index (χ4n) is 1.35. The van der Waals surface area contributed by atoms with Crippen LogP contribution in [0.1, 0.15) is 11.1 Å². The minimum Gasteiger partial charge on any atom is -0.368 e.